The number of hydrogen-bond donors (Lipinski definition) is 2. The van der Waals surface area contributed by atoms with Gasteiger partial charge in [0.15, 0.2) is 5.65 Å². The lowest BCUT2D eigenvalue weighted by Crippen LogP contribution is -2.16. The monoisotopic (exact) mass is 314 g/mol. The zero-order chi connectivity index (χ0) is 16.5. The molecule has 0 saturated carbocycles. The van der Waals surface area contributed by atoms with Gasteiger partial charge in [0.25, 0.3) is 5.91 Å². The van der Waals surface area contributed by atoms with E-state index in [4.69, 9.17) is 16.2 Å². The van der Waals surface area contributed by atoms with Crippen LogP contribution in [0.15, 0.2) is 12.1 Å². The van der Waals surface area contributed by atoms with Crippen LogP contribution in [-0.4, -0.2) is 29.6 Å². The Labute approximate surface area is 123 Å². The Hall–Kier alpha value is -2.42. The number of carbonyl (C=O) groups is 1. The summed E-state index contributed by atoms with van der Waals surface area (Å²) < 4.78 is 43.6. The van der Waals surface area contributed by atoms with E-state index >= 15 is 0 Å². The van der Waals surface area contributed by atoms with E-state index in [1.807, 2.05) is 0 Å². The van der Waals surface area contributed by atoms with Gasteiger partial charge < -0.3 is 16.2 Å². The Bertz CT molecular complexity index is 731. The van der Waals surface area contributed by atoms with Crippen LogP contribution in [-0.2, 0) is 17.3 Å². The topological polar surface area (TPSA) is 104 Å². The Kier molecular flexibility index (Phi) is 4.18. The lowest BCUT2D eigenvalue weighted by molar-refractivity contribution is -0.141. The number of primary amides is 1. The van der Waals surface area contributed by atoms with E-state index in [-0.39, 0.29) is 35.4 Å². The van der Waals surface area contributed by atoms with Crippen molar-refractivity contribution >= 4 is 22.8 Å². The summed E-state index contributed by atoms with van der Waals surface area (Å²) in [5, 5.41) is 0.285. The molecule has 1 amide bonds. The van der Waals surface area contributed by atoms with Gasteiger partial charge in [-0.2, -0.15) is 13.2 Å². The number of aromatic nitrogens is 2. The number of nitrogen functional groups attached to an aromatic ring is 1. The van der Waals surface area contributed by atoms with Gasteiger partial charge in [-0.15, -0.1) is 0 Å². The van der Waals surface area contributed by atoms with Crippen LogP contribution in [0.3, 0.4) is 0 Å². The Morgan fingerprint density at radius 3 is 2.55 bits per heavy atom. The van der Waals surface area contributed by atoms with Crippen molar-refractivity contribution in [3.05, 3.63) is 29.0 Å². The molecule has 0 bridgehead atoms. The number of hydrogen-bond acceptors (Lipinski definition) is 5. The van der Waals surface area contributed by atoms with Gasteiger partial charge in [-0.05, 0) is 24.1 Å². The van der Waals surface area contributed by atoms with Gasteiger partial charge in [0.05, 0.1) is 12.2 Å². The van der Waals surface area contributed by atoms with Crippen molar-refractivity contribution < 1.29 is 22.7 Å². The minimum atomic E-state index is -4.62. The molecular formula is C13H13F3N4O2. The number of alkyl halides is 3. The quantitative estimate of drug-likeness (QED) is 0.890. The van der Waals surface area contributed by atoms with Crippen LogP contribution in [0.4, 0.5) is 19.0 Å². The molecule has 0 fully saturated rings. The van der Waals surface area contributed by atoms with E-state index in [1.54, 1.807) is 0 Å². The van der Waals surface area contributed by atoms with Crippen LogP contribution in [0.5, 0.6) is 0 Å². The number of pyridine rings is 2. The maximum Gasteiger partial charge on any atom is 0.433 e. The SMILES string of the molecule is COCCc1cc(C(F)(F)F)nc2nc(N)c(C(N)=O)cc12. The Morgan fingerprint density at radius 2 is 2.00 bits per heavy atom. The molecule has 0 aliphatic carbocycles. The average molecular weight is 314 g/mol. The van der Waals surface area contributed by atoms with Crippen molar-refractivity contribution in [3.63, 3.8) is 0 Å². The van der Waals surface area contributed by atoms with Crippen molar-refractivity contribution in [3.8, 4) is 0 Å². The predicted octanol–water partition coefficient (Wildman–Crippen LogP) is 1.52. The van der Waals surface area contributed by atoms with Crippen LogP contribution < -0.4 is 11.5 Å². The minimum Gasteiger partial charge on any atom is -0.384 e. The maximum atomic E-state index is 12.9. The number of methoxy groups -OCH3 is 1. The normalized spacial score (nSPS) is 11.8. The predicted molar refractivity (Wildman–Crippen MR) is 73.1 cm³/mol. The summed E-state index contributed by atoms with van der Waals surface area (Å²) >= 11 is 0. The largest absolute Gasteiger partial charge is 0.433 e. The number of nitrogens with two attached hydrogens (primary N) is 2. The van der Waals surface area contributed by atoms with Crippen molar-refractivity contribution in [2.75, 3.05) is 19.5 Å². The van der Waals surface area contributed by atoms with E-state index in [0.717, 1.165) is 6.07 Å². The Morgan fingerprint density at radius 1 is 1.32 bits per heavy atom. The second kappa shape index (κ2) is 5.76. The number of ether oxygens (including phenoxy) is 1. The third-order valence-electron chi connectivity index (χ3n) is 3.05. The number of nitrogens with zero attached hydrogens (tertiary/aromatic N) is 2. The summed E-state index contributed by atoms with van der Waals surface area (Å²) in [5.74, 6) is -1.07. The number of amides is 1. The third kappa shape index (κ3) is 3.08. The van der Waals surface area contributed by atoms with Gasteiger partial charge in [0, 0.05) is 12.5 Å². The van der Waals surface area contributed by atoms with E-state index < -0.39 is 17.8 Å². The molecule has 0 aliphatic rings. The fraction of sp³-hybridized carbons (Fsp3) is 0.308. The Balaban J connectivity index is 2.73. The van der Waals surface area contributed by atoms with Crippen molar-refractivity contribution in [1.29, 1.82) is 0 Å². The molecular weight excluding hydrogens is 301 g/mol. The summed E-state index contributed by atoms with van der Waals surface area (Å²) in [4.78, 5) is 18.5. The molecule has 2 aromatic rings. The van der Waals surface area contributed by atoms with Gasteiger partial charge in [-0.3, -0.25) is 4.79 Å². The number of rotatable bonds is 4. The number of halogens is 3. The molecule has 2 aromatic heterocycles. The number of fused-ring (bicyclic) bond motifs is 1. The minimum absolute atomic E-state index is 0.0623. The van der Waals surface area contributed by atoms with Gasteiger partial charge in [0.2, 0.25) is 0 Å². The van der Waals surface area contributed by atoms with E-state index in [2.05, 4.69) is 9.97 Å². The first-order chi connectivity index (χ1) is 10.2. The molecule has 4 N–H and O–H groups in total. The van der Waals surface area contributed by atoms with Gasteiger partial charge in [-0.25, -0.2) is 9.97 Å². The lowest BCUT2D eigenvalue weighted by Gasteiger charge is -2.12. The zero-order valence-corrected chi connectivity index (χ0v) is 11.6. The number of anilines is 1. The highest BCUT2D eigenvalue weighted by Crippen LogP contribution is 2.31. The lowest BCUT2D eigenvalue weighted by atomic mass is 10.0. The zero-order valence-electron chi connectivity index (χ0n) is 11.6. The molecule has 22 heavy (non-hydrogen) atoms. The van der Waals surface area contributed by atoms with E-state index in [0.29, 0.717) is 5.56 Å². The van der Waals surface area contributed by atoms with Crippen molar-refractivity contribution in [1.82, 2.24) is 9.97 Å². The van der Waals surface area contributed by atoms with Crippen LogP contribution in [0.25, 0.3) is 11.0 Å². The van der Waals surface area contributed by atoms with Gasteiger partial charge in [-0.1, -0.05) is 0 Å². The highest BCUT2D eigenvalue weighted by atomic mass is 19.4. The molecule has 2 heterocycles. The van der Waals surface area contributed by atoms with E-state index in [9.17, 15) is 18.0 Å². The van der Waals surface area contributed by atoms with Crippen molar-refractivity contribution in [2.24, 2.45) is 5.73 Å². The fourth-order valence-corrected chi connectivity index (χ4v) is 1.99. The first kappa shape index (κ1) is 16.0. The van der Waals surface area contributed by atoms with Gasteiger partial charge >= 0.3 is 6.18 Å². The summed E-state index contributed by atoms with van der Waals surface area (Å²) in [6, 6.07) is 2.21. The van der Waals surface area contributed by atoms with E-state index in [1.165, 1.54) is 13.2 Å². The maximum absolute atomic E-state index is 12.9. The molecule has 2 rings (SSSR count). The molecule has 0 radical (unpaired) electrons. The smallest absolute Gasteiger partial charge is 0.384 e. The molecule has 0 aliphatic heterocycles. The molecule has 0 saturated heterocycles. The number of carbonyl (C=O) groups excluding carboxylic acids is 1. The van der Waals surface area contributed by atoms with Crippen LogP contribution in [0.1, 0.15) is 21.6 Å². The second-order valence-electron chi connectivity index (χ2n) is 4.56. The molecule has 6 nitrogen and oxygen atoms in total. The second-order valence-corrected chi connectivity index (χ2v) is 4.56. The molecule has 0 unspecified atom stereocenters. The molecule has 9 heteroatoms. The van der Waals surface area contributed by atoms with Crippen LogP contribution >= 0.6 is 0 Å². The first-order valence-electron chi connectivity index (χ1n) is 6.20. The van der Waals surface area contributed by atoms with Gasteiger partial charge in [0.1, 0.15) is 11.5 Å². The average Bonchev–Trinajstić information content (AvgIpc) is 2.42. The summed E-state index contributed by atoms with van der Waals surface area (Å²) in [7, 11) is 1.43. The summed E-state index contributed by atoms with van der Waals surface area (Å²) in [5.41, 5.74) is 9.68. The van der Waals surface area contributed by atoms with Crippen LogP contribution in [0.2, 0.25) is 0 Å². The highest BCUT2D eigenvalue weighted by Gasteiger charge is 2.33. The molecule has 0 aromatic carbocycles. The van der Waals surface area contributed by atoms with Crippen molar-refractivity contribution in [2.45, 2.75) is 12.6 Å². The molecule has 118 valence electrons. The fourth-order valence-electron chi connectivity index (χ4n) is 1.99. The highest BCUT2D eigenvalue weighted by molar-refractivity contribution is 6.00. The summed E-state index contributed by atoms with van der Waals surface area (Å²) in [6.07, 6.45) is -4.42. The molecule has 0 spiro atoms. The van der Waals surface area contributed by atoms with Crippen LogP contribution in [0, 0.1) is 0 Å². The third-order valence-corrected chi connectivity index (χ3v) is 3.05. The first-order valence-corrected chi connectivity index (χ1v) is 6.20. The summed E-state index contributed by atoms with van der Waals surface area (Å²) in [6.45, 7) is 0.201. The molecule has 0 atom stereocenters. The standard InChI is InChI=1S/C13H13F3N4O2/c1-22-3-2-6-4-9(13(14,15)16)19-12-7(6)5-8(11(18)21)10(17)20-12/h4-5H,2-3H2,1H3,(H2,18,21)(H2,17,19,20).